The lowest BCUT2D eigenvalue weighted by molar-refractivity contribution is 0.232. The number of fused-ring (bicyclic) bond motifs is 1. The van der Waals surface area contributed by atoms with Gasteiger partial charge in [-0.15, -0.1) is 11.3 Å². The van der Waals surface area contributed by atoms with Crippen molar-refractivity contribution < 1.29 is 9.29 Å². The first kappa shape index (κ1) is 21.8. The summed E-state index contributed by atoms with van der Waals surface area (Å²) in [7, 11) is 2.10. The SMILES string of the molecule is Cc1ccsc1CN(C)CCOc1ccnc(C[S+]([O-])c2nc3ccccc3[nH]2)c1C. The Morgan fingerprint density at radius 1 is 1.19 bits per heavy atom. The van der Waals surface area contributed by atoms with E-state index in [-0.39, 0.29) is 0 Å². The molecular formula is C23H26N4O2S2. The van der Waals surface area contributed by atoms with Gasteiger partial charge in [0.1, 0.15) is 12.4 Å². The summed E-state index contributed by atoms with van der Waals surface area (Å²) in [6.07, 6.45) is 1.71. The molecule has 1 unspecified atom stereocenters. The van der Waals surface area contributed by atoms with Crippen LogP contribution in [-0.4, -0.2) is 44.6 Å². The van der Waals surface area contributed by atoms with Crippen LogP contribution in [0.1, 0.15) is 21.7 Å². The van der Waals surface area contributed by atoms with Crippen LogP contribution in [0.2, 0.25) is 0 Å². The third-order valence-corrected chi connectivity index (χ3v) is 7.39. The molecule has 4 rings (SSSR count). The lowest BCUT2D eigenvalue weighted by Crippen LogP contribution is -2.24. The van der Waals surface area contributed by atoms with Gasteiger partial charge in [0.25, 0.3) is 0 Å². The number of likely N-dealkylation sites (N-methyl/N-ethyl adjacent to an activating group) is 1. The van der Waals surface area contributed by atoms with Crippen LogP contribution in [0.3, 0.4) is 0 Å². The first-order valence-electron chi connectivity index (χ1n) is 10.1. The summed E-state index contributed by atoms with van der Waals surface area (Å²) in [5.74, 6) is 1.08. The molecule has 3 aromatic heterocycles. The Hall–Kier alpha value is -2.39. The maximum Gasteiger partial charge on any atom is 0.322 e. The number of pyridine rings is 1. The number of rotatable bonds is 9. The Labute approximate surface area is 189 Å². The van der Waals surface area contributed by atoms with Gasteiger partial charge in [0.15, 0.2) is 5.75 Å². The molecule has 3 heterocycles. The molecule has 0 saturated carbocycles. The zero-order valence-electron chi connectivity index (χ0n) is 17.9. The highest BCUT2D eigenvalue weighted by atomic mass is 32.2. The van der Waals surface area contributed by atoms with Gasteiger partial charge < -0.3 is 9.29 Å². The van der Waals surface area contributed by atoms with Gasteiger partial charge in [-0.3, -0.25) is 14.9 Å². The number of ether oxygens (including phenoxy) is 1. The molecule has 0 bridgehead atoms. The third kappa shape index (κ3) is 5.27. The molecular weight excluding hydrogens is 428 g/mol. The van der Waals surface area contributed by atoms with Gasteiger partial charge in [-0.2, -0.15) is 4.98 Å². The second kappa shape index (κ2) is 9.82. The van der Waals surface area contributed by atoms with Crippen LogP contribution in [-0.2, 0) is 23.5 Å². The molecule has 0 amide bonds. The quantitative estimate of drug-likeness (QED) is 0.378. The van der Waals surface area contributed by atoms with E-state index < -0.39 is 11.2 Å². The first-order chi connectivity index (χ1) is 15.0. The van der Waals surface area contributed by atoms with Crippen molar-refractivity contribution in [2.75, 3.05) is 20.2 Å². The number of aromatic amines is 1. The number of benzene rings is 1. The van der Waals surface area contributed by atoms with E-state index in [0.29, 0.717) is 17.5 Å². The molecule has 0 saturated heterocycles. The number of aryl methyl sites for hydroxylation is 1. The maximum atomic E-state index is 12.9. The van der Waals surface area contributed by atoms with Crippen molar-refractivity contribution in [3.63, 3.8) is 0 Å². The Balaban J connectivity index is 1.35. The van der Waals surface area contributed by atoms with E-state index in [2.05, 4.69) is 45.3 Å². The summed E-state index contributed by atoms with van der Waals surface area (Å²) < 4.78 is 18.9. The van der Waals surface area contributed by atoms with E-state index in [9.17, 15) is 4.55 Å². The average Bonchev–Trinajstić information content (AvgIpc) is 3.37. The van der Waals surface area contributed by atoms with Crippen LogP contribution >= 0.6 is 11.3 Å². The lowest BCUT2D eigenvalue weighted by Gasteiger charge is -2.18. The largest absolute Gasteiger partial charge is 0.609 e. The zero-order chi connectivity index (χ0) is 21.8. The number of hydrogen-bond acceptors (Lipinski definition) is 6. The molecule has 162 valence electrons. The number of nitrogens with one attached hydrogen (secondary N) is 1. The van der Waals surface area contributed by atoms with Gasteiger partial charge in [-0.25, -0.2) is 0 Å². The highest BCUT2D eigenvalue weighted by Gasteiger charge is 2.20. The van der Waals surface area contributed by atoms with Gasteiger partial charge in [-0.05, 0) is 56.1 Å². The number of thiophene rings is 1. The van der Waals surface area contributed by atoms with Crippen molar-refractivity contribution in [2.45, 2.75) is 31.3 Å². The maximum absolute atomic E-state index is 12.9. The summed E-state index contributed by atoms with van der Waals surface area (Å²) in [4.78, 5) is 15.7. The smallest absolute Gasteiger partial charge is 0.322 e. The van der Waals surface area contributed by atoms with Crippen molar-refractivity contribution >= 4 is 33.5 Å². The molecule has 8 heteroatoms. The minimum Gasteiger partial charge on any atom is -0.609 e. The molecule has 0 spiro atoms. The Morgan fingerprint density at radius 2 is 2.03 bits per heavy atom. The molecule has 0 radical (unpaired) electrons. The fourth-order valence-corrected chi connectivity index (χ4v) is 5.38. The van der Waals surface area contributed by atoms with Gasteiger partial charge in [0, 0.05) is 40.9 Å². The Bertz CT molecular complexity index is 1120. The molecule has 0 fully saturated rings. The van der Waals surface area contributed by atoms with E-state index in [1.807, 2.05) is 37.3 Å². The van der Waals surface area contributed by atoms with Gasteiger partial charge in [0.2, 0.25) is 0 Å². The molecule has 1 atom stereocenters. The number of nitrogens with zero attached hydrogens (tertiary/aromatic N) is 3. The van der Waals surface area contributed by atoms with Crippen molar-refractivity contribution in [3.8, 4) is 5.75 Å². The highest BCUT2D eigenvalue weighted by Crippen LogP contribution is 2.24. The number of aromatic nitrogens is 3. The number of H-pyrrole nitrogens is 1. The van der Waals surface area contributed by atoms with Crippen molar-refractivity contribution in [1.82, 2.24) is 19.9 Å². The van der Waals surface area contributed by atoms with Crippen molar-refractivity contribution in [3.05, 3.63) is 69.7 Å². The third-order valence-electron chi connectivity index (χ3n) is 5.22. The van der Waals surface area contributed by atoms with Crippen LogP contribution in [0.4, 0.5) is 0 Å². The second-order valence-corrected chi connectivity index (χ2v) is 9.91. The summed E-state index contributed by atoms with van der Waals surface area (Å²) in [5, 5.41) is 2.60. The molecule has 0 aliphatic heterocycles. The van der Waals surface area contributed by atoms with E-state index in [1.54, 1.807) is 17.5 Å². The van der Waals surface area contributed by atoms with Crippen LogP contribution in [0.5, 0.6) is 5.75 Å². The minimum atomic E-state index is -1.31. The van der Waals surface area contributed by atoms with Crippen molar-refractivity contribution in [1.29, 1.82) is 0 Å². The molecule has 6 nitrogen and oxygen atoms in total. The zero-order valence-corrected chi connectivity index (χ0v) is 19.6. The molecule has 1 N–H and O–H groups in total. The predicted octanol–water partition coefficient (Wildman–Crippen LogP) is 4.45. The molecule has 1 aromatic carbocycles. The van der Waals surface area contributed by atoms with Gasteiger partial charge >= 0.3 is 5.16 Å². The van der Waals surface area contributed by atoms with Crippen LogP contribution < -0.4 is 4.74 Å². The predicted molar refractivity (Wildman–Crippen MR) is 126 cm³/mol. The fraction of sp³-hybridized carbons (Fsp3) is 0.304. The average molecular weight is 455 g/mol. The number of para-hydroxylation sites is 2. The van der Waals surface area contributed by atoms with Crippen LogP contribution in [0.25, 0.3) is 11.0 Å². The number of hydrogen-bond donors (Lipinski definition) is 1. The minimum absolute atomic E-state index is 0.292. The Morgan fingerprint density at radius 3 is 2.81 bits per heavy atom. The van der Waals surface area contributed by atoms with Crippen molar-refractivity contribution in [2.24, 2.45) is 0 Å². The van der Waals surface area contributed by atoms with Crippen LogP contribution in [0.15, 0.2) is 53.1 Å². The van der Waals surface area contributed by atoms with Crippen LogP contribution in [0, 0.1) is 13.8 Å². The first-order valence-corrected chi connectivity index (χ1v) is 12.3. The van der Waals surface area contributed by atoms with E-state index in [4.69, 9.17) is 4.74 Å². The van der Waals surface area contributed by atoms with E-state index >= 15 is 0 Å². The molecule has 0 aliphatic carbocycles. The summed E-state index contributed by atoms with van der Waals surface area (Å²) in [6, 6.07) is 11.7. The summed E-state index contributed by atoms with van der Waals surface area (Å²) in [5.41, 5.74) is 4.72. The topological polar surface area (TPSA) is 77.1 Å². The second-order valence-electron chi connectivity index (χ2n) is 7.54. The fourth-order valence-electron chi connectivity index (χ4n) is 3.29. The lowest BCUT2D eigenvalue weighted by atomic mass is 10.2. The van der Waals surface area contributed by atoms with E-state index in [0.717, 1.165) is 41.1 Å². The monoisotopic (exact) mass is 454 g/mol. The summed E-state index contributed by atoms with van der Waals surface area (Å²) in [6.45, 7) is 6.43. The molecule has 31 heavy (non-hydrogen) atoms. The Kier molecular flexibility index (Phi) is 6.92. The molecule has 0 aliphatic rings. The van der Waals surface area contributed by atoms with Gasteiger partial charge in [0.05, 0.1) is 16.7 Å². The van der Waals surface area contributed by atoms with E-state index in [1.165, 1.54) is 10.4 Å². The highest BCUT2D eigenvalue weighted by molar-refractivity contribution is 7.90. The normalized spacial score (nSPS) is 12.5. The van der Waals surface area contributed by atoms with Gasteiger partial charge in [-0.1, -0.05) is 12.1 Å². The molecule has 4 aromatic rings. The number of imidazole rings is 1. The standard InChI is InChI=1S/C23H26N4O2S2/c1-16-9-13-30-22(16)14-27(3)11-12-29-21-8-10-24-20(17(21)2)15-31(28)23-25-18-6-4-5-7-19(18)26-23/h4-10,13H,11-12,14-15H2,1-3H3,(H,25,26). The summed E-state index contributed by atoms with van der Waals surface area (Å²) >= 11 is 0.478.